The average Bonchev–Trinajstić information content (AvgIpc) is 3.29. The molecule has 3 N–H and O–H groups in total. The van der Waals surface area contributed by atoms with E-state index in [0.29, 0.717) is 43.9 Å². The van der Waals surface area contributed by atoms with Gasteiger partial charge >= 0.3 is 0 Å². The SMILES string of the molecule is CC(=O)Nc1ccc(C(=O)N2CCN(C(=O)C3CC(c4ccncc4)NN3)CC2)cc1. The Morgan fingerprint density at radius 2 is 1.58 bits per heavy atom. The van der Waals surface area contributed by atoms with Gasteiger partial charge in [0.2, 0.25) is 11.8 Å². The molecule has 0 radical (unpaired) electrons. The Bertz CT molecular complexity index is 941. The standard InChI is InChI=1S/C22H26N6O3/c1-15(29)24-18-4-2-17(3-5-18)21(30)27-10-12-28(13-11-27)22(31)20-14-19(25-26-20)16-6-8-23-9-7-16/h2-9,19-20,25-26H,10-14H2,1H3,(H,24,29). The highest BCUT2D eigenvalue weighted by Gasteiger charge is 2.34. The Balaban J connectivity index is 1.29. The summed E-state index contributed by atoms with van der Waals surface area (Å²) in [5.41, 5.74) is 8.62. The van der Waals surface area contributed by atoms with Crippen LogP contribution in [0.2, 0.25) is 0 Å². The molecule has 1 aromatic heterocycles. The molecule has 9 nitrogen and oxygen atoms in total. The first kappa shape index (κ1) is 21.0. The van der Waals surface area contributed by atoms with Crippen LogP contribution in [0.4, 0.5) is 5.69 Å². The number of rotatable bonds is 4. The lowest BCUT2D eigenvalue weighted by molar-refractivity contribution is -0.134. The van der Waals surface area contributed by atoms with E-state index in [0.717, 1.165) is 5.56 Å². The number of hydrazine groups is 1. The van der Waals surface area contributed by atoms with Crippen molar-refractivity contribution in [2.45, 2.75) is 25.4 Å². The van der Waals surface area contributed by atoms with Crippen molar-refractivity contribution < 1.29 is 14.4 Å². The van der Waals surface area contributed by atoms with E-state index in [1.165, 1.54) is 6.92 Å². The van der Waals surface area contributed by atoms with E-state index in [1.54, 1.807) is 41.6 Å². The van der Waals surface area contributed by atoms with Crippen LogP contribution in [0, 0.1) is 0 Å². The maximum Gasteiger partial charge on any atom is 0.253 e. The van der Waals surface area contributed by atoms with Crippen LogP contribution in [0.25, 0.3) is 0 Å². The summed E-state index contributed by atoms with van der Waals surface area (Å²) in [5.74, 6) is -0.172. The lowest BCUT2D eigenvalue weighted by Gasteiger charge is -2.36. The highest BCUT2D eigenvalue weighted by molar-refractivity contribution is 5.95. The smallest absolute Gasteiger partial charge is 0.253 e. The number of carbonyl (C=O) groups excluding carboxylic acids is 3. The Hall–Kier alpha value is -3.30. The van der Waals surface area contributed by atoms with E-state index in [-0.39, 0.29) is 29.8 Å². The zero-order valence-corrected chi connectivity index (χ0v) is 17.4. The van der Waals surface area contributed by atoms with Crippen LogP contribution in [0.15, 0.2) is 48.8 Å². The number of amides is 3. The van der Waals surface area contributed by atoms with E-state index < -0.39 is 0 Å². The van der Waals surface area contributed by atoms with Gasteiger partial charge in [-0.3, -0.25) is 19.4 Å². The molecule has 2 fully saturated rings. The quantitative estimate of drug-likeness (QED) is 0.677. The van der Waals surface area contributed by atoms with Crippen molar-refractivity contribution in [1.29, 1.82) is 0 Å². The van der Waals surface area contributed by atoms with Gasteiger partial charge in [-0.25, -0.2) is 10.9 Å². The number of nitrogens with one attached hydrogen (secondary N) is 3. The predicted molar refractivity (Wildman–Crippen MR) is 115 cm³/mol. The lowest BCUT2D eigenvalue weighted by atomic mass is 10.0. The topological polar surface area (TPSA) is 107 Å². The van der Waals surface area contributed by atoms with Crippen LogP contribution in [0.3, 0.4) is 0 Å². The predicted octanol–water partition coefficient (Wildman–Crippen LogP) is 0.932. The highest BCUT2D eigenvalue weighted by Crippen LogP contribution is 2.23. The summed E-state index contributed by atoms with van der Waals surface area (Å²) in [7, 11) is 0. The zero-order chi connectivity index (χ0) is 21.8. The average molecular weight is 422 g/mol. The molecule has 0 saturated carbocycles. The number of carbonyl (C=O) groups is 3. The van der Waals surface area contributed by atoms with Crippen molar-refractivity contribution in [1.82, 2.24) is 25.6 Å². The molecule has 0 spiro atoms. The molecular weight excluding hydrogens is 396 g/mol. The molecule has 3 amide bonds. The van der Waals surface area contributed by atoms with Crippen LogP contribution in [0.5, 0.6) is 0 Å². The Morgan fingerprint density at radius 1 is 0.935 bits per heavy atom. The largest absolute Gasteiger partial charge is 0.338 e. The number of nitrogens with zero attached hydrogens (tertiary/aromatic N) is 3. The highest BCUT2D eigenvalue weighted by atomic mass is 16.2. The van der Waals surface area contributed by atoms with Gasteiger partial charge in [0.15, 0.2) is 0 Å². The van der Waals surface area contributed by atoms with Crippen molar-refractivity contribution in [2.24, 2.45) is 0 Å². The fourth-order valence-corrected chi connectivity index (χ4v) is 3.96. The second-order valence-corrected chi connectivity index (χ2v) is 7.79. The lowest BCUT2D eigenvalue weighted by Crippen LogP contribution is -2.54. The molecule has 1 aromatic carbocycles. The molecule has 0 aliphatic carbocycles. The number of benzene rings is 1. The van der Waals surface area contributed by atoms with Gasteiger partial charge in [0.05, 0.1) is 0 Å². The molecule has 0 bridgehead atoms. The van der Waals surface area contributed by atoms with E-state index in [4.69, 9.17) is 0 Å². The van der Waals surface area contributed by atoms with E-state index in [9.17, 15) is 14.4 Å². The molecule has 2 aliphatic rings. The first-order valence-corrected chi connectivity index (χ1v) is 10.4. The number of piperazine rings is 1. The minimum Gasteiger partial charge on any atom is -0.338 e. The van der Waals surface area contributed by atoms with Gasteiger partial charge in [-0.1, -0.05) is 0 Å². The van der Waals surface area contributed by atoms with Gasteiger partial charge in [0.25, 0.3) is 5.91 Å². The van der Waals surface area contributed by atoms with Gasteiger partial charge in [-0.05, 0) is 48.4 Å². The van der Waals surface area contributed by atoms with Crippen molar-refractivity contribution >= 4 is 23.4 Å². The fraction of sp³-hybridized carbons (Fsp3) is 0.364. The van der Waals surface area contributed by atoms with Gasteiger partial charge in [0, 0.05) is 62.8 Å². The van der Waals surface area contributed by atoms with Crippen molar-refractivity contribution in [3.05, 3.63) is 59.9 Å². The minimum atomic E-state index is -0.290. The third kappa shape index (κ3) is 4.89. The molecule has 2 atom stereocenters. The minimum absolute atomic E-state index is 0.0517. The van der Waals surface area contributed by atoms with Crippen LogP contribution in [-0.2, 0) is 9.59 Å². The second kappa shape index (κ2) is 9.23. The third-order valence-electron chi connectivity index (χ3n) is 5.64. The Morgan fingerprint density at radius 3 is 2.23 bits per heavy atom. The summed E-state index contributed by atoms with van der Waals surface area (Å²) in [4.78, 5) is 44.4. The summed E-state index contributed by atoms with van der Waals surface area (Å²) in [6.07, 6.45) is 4.16. The summed E-state index contributed by atoms with van der Waals surface area (Å²) in [6, 6.07) is 10.5. The summed E-state index contributed by atoms with van der Waals surface area (Å²) < 4.78 is 0. The Labute approximate surface area is 180 Å². The van der Waals surface area contributed by atoms with Gasteiger partial charge in [-0.2, -0.15) is 0 Å². The monoisotopic (exact) mass is 422 g/mol. The van der Waals surface area contributed by atoms with Gasteiger partial charge in [0.1, 0.15) is 6.04 Å². The molecule has 162 valence electrons. The third-order valence-corrected chi connectivity index (χ3v) is 5.64. The number of hydrogen-bond donors (Lipinski definition) is 3. The summed E-state index contributed by atoms with van der Waals surface area (Å²) in [5, 5.41) is 2.69. The number of anilines is 1. The molecule has 2 unspecified atom stereocenters. The maximum absolute atomic E-state index is 12.9. The number of pyridine rings is 1. The first-order chi connectivity index (χ1) is 15.0. The molecule has 9 heteroatoms. The van der Waals surface area contributed by atoms with Crippen molar-refractivity contribution in [3.63, 3.8) is 0 Å². The summed E-state index contributed by atoms with van der Waals surface area (Å²) in [6.45, 7) is 3.44. The number of hydrogen-bond acceptors (Lipinski definition) is 6. The molecule has 2 saturated heterocycles. The van der Waals surface area contributed by atoms with Crippen LogP contribution in [-0.4, -0.2) is 64.7 Å². The first-order valence-electron chi connectivity index (χ1n) is 10.4. The Kier molecular flexibility index (Phi) is 6.24. The van der Waals surface area contributed by atoms with Gasteiger partial charge in [-0.15, -0.1) is 0 Å². The van der Waals surface area contributed by atoms with E-state index in [1.807, 2.05) is 17.0 Å². The van der Waals surface area contributed by atoms with Crippen LogP contribution < -0.4 is 16.2 Å². The van der Waals surface area contributed by atoms with Crippen LogP contribution in [0.1, 0.15) is 35.3 Å². The summed E-state index contributed by atoms with van der Waals surface area (Å²) >= 11 is 0. The molecular formula is C22H26N6O3. The molecule has 4 rings (SSSR count). The molecule has 3 heterocycles. The number of aromatic nitrogens is 1. The van der Waals surface area contributed by atoms with Crippen molar-refractivity contribution in [2.75, 3.05) is 31.5 Å². The maximum atomic E-state index is 12.9. The normalized spacial score (nSPS) is 21.1. The molecule has 2 aliphatic heterocycles. The zero-order valence-electron chi connectivity index (χ0n) is 17.4. The van der Waals surface area contributed by atoms with Gasteiger partial charge < -0.3 is 15.1 Å². The van der Waals surface area contributed by atoms with E-state index >= 15 is 0 Å². The van der Waals surface area contributed by atoms with Crippen LogP contribution >= 0.6 is 0 Å². The second-order valence-electron chi connectivity index (χ2n) is 7.79. The molecule has 31 heavy (non-hydrogen) atoms. The molecule has 2 aromatic rings. The van der Waals surface area contributed by atoms with Crippen molar-refractivity contribution in [3.8, 4) is 0 Å². The fourth-order valence-electron chi connectivity index (χ4n) is 3.96. The van der Waals surface area contributed by atoms with E-state index in [2.05, 4.69) is 21.2 Å².